The molecule has 0 fully saturated rings. The predicted molar refractivity (Wildman–Crippen MR) is 61.7 cm³/mol. The van der Waals surface area contributed by atoms with Gasteiger partial charge in [0.25, 0.3) is 5.56 Å². The molecule has 2 aromatic rings. The van der Waals surface area contributed by atoms with Crippen molar-refractivity contribution in [3.63, 3.8) is 0 Å². The van der Waals surface area contributed by atoms with Gasteiger partial charge >= 0.3 is 0 Å². The first-order valence-corrected chi connectivity index (χ1v) is 5.43. The minimum absolute atomic E-state index is 0.130. The monoisotopic (exact) mass is 282 g/mol. The van der Waals surface area contributed by atoms with E-state index in [4.69, 9.17) is 0 Å². The lowest BCUT2D eigenvalue weighted by Gasteiger charge is -2.05. The van der Waals surface area contributed by atoms with Crippen LogP contribution in [0.3, 0.4) is 0 Å². The molecule has 16 heavy (non-hydrogen) atoms. The molecule has 82 valence electrons. The van der Waals surface area contributed by atoms with E-state index in [-0.39, 0.29) is 17.9 Å². The van der Waals surface area contributed by atoms with Gasteiger partial charge in [0, 0.05) is 11.8 Å². The topological polar surface area (TPSA) is 34.9 Å². The van der Waals surface area contributed by atoms with Crippen LogP contribution in [0.5, 0.6) is 0 Å². The summed E-state index contributed by atoms with van der Waals surface area (Å²) >= 11 is 3.11. The third-order valence-electron chi connectivity index (χ3n) is 2.14. The zero-order valence-corrected chi connectivity index (χ0v) is 9.82. The van der Waals surface area contributed by atoms with Crippen LogP contribution in [0.4, 0.5) is 4.39 Å². The second-order valence-corrected chi connectivity index (χ2v) is 4.09. The lowest BCUT2D eigenvalue weighted by Crippen LogP contribution is -2.23. The van der Waals surface area contributed by atoms with Crippen molar-refractivity contribution in [2.75, 3.05) is 0 Å². The molecule has 0 aliphatic rings. The summed E-state index contributed by atoms with van der Waals surface area (Å²) in [5.41, 5.74) is 0.168. The summed E-state index contributed by atoms with van der Waals surface area (Å²) in [6, 6.07) is 7.88. The van der Waals surface area contributed by atoms with Crippen molar-refractivity contribution in [1.29, 1.82) is 0 Å². The molecule has 0 N–H and O–H groups in total. The highest BCUT2D eigenvalue weighted by Crippen LogP contribution is 2.07. The molecule has 0 radical (unpaired) electrons. The van der Waals surface area contributed by atoms with Crippen LogP contribution in [-0.2, 0) is 6.54 Å². The molecule has 3 nitrogen and oxygen atoms in total. The molecule has 0 amide bonds. The summed E-state index contributed by atoms with van der Waals surface area (Å²) in [7, 11) is 0. The van der Waals surface area contributed by atoms with Crippen LogP contribution in [-0.4, -0.2) is 9.78 Å². The maximum absolute atomic E-state index is 13.4. The summed E-state index contributed by atoms with van der Waals surface area (Å²) in [6.45, 7) is 0.130. The molecular weight excluding hydrogens is 275 g/mol. The van der Waals surface area contributed by atoms with E-state index in [1.807, 2.05) is 0 Å². The molecule has 1 aromatic heterocycles. The molecule has 0 bridgehead atoms. The Bertz CT molecular complexity index is 568. The van der Waals surface area contributed by atoms with Gasteiger partial charge in [0.1, 0.15) is 5.82 Å². The molecule has 2 rings (SSSR count). The van der Waals surface area contributed by atoms with Crippen molar-refractivity contribution in [1.82, 2.24) is 9.78 Å². The standard InChI is InChI=1S/C11H8BrFN2O/c12-9-5-6-14-15(11(9)16)7-8-3-1-2-4-10(8)13/h1-6H,7H2. The summed E-state index contributed by atoms with van der Waals surface area (Å²) in [5.74, 6) is -0.337. The average molecular weight is 283 g/mol. The molecule has 1 heterocycles. The van der Waals surface area contributed by atoms with Crippen molar-refractivity contribution in [2.24, 2.45) is 0 Å². The van der Waals surface area contributed by atoms with E-state index in [2.05, 4.69) is 21.0 Å². The van der Waals surface area contributed by atoms with E-state index in [0.29, 0.717) is 10.0 Å². The first-order chi connectivity index (χ1) is 7.68. The second-order valence-electron chi connectivity index (χ2n) is 3.23. The minimum atomic E-state index is -0.337. The lowest BCUT2D eigenvalue weighted by atomic mass is 10.2. The Hall–Kier alpha value is -1.49. The Balaban J connectivity index is 2.39. The fourth-order valence-electron chi connectivity index (χ4n) is 1.33. The molecular formula is C11H8BrFN2O. The van der Waals surface area contributed by atoms with Crippen molar-refractivity contribution >= 4 is 15.9 Å². The Morgan fingerprint density at radius 1 is 1.31 bits per heavy atom. The smallest absolute Gasteiger partial charge is 0.266 e. The summed E-state index contributed by atoms with van der Waals surface area (Å²) < 4.78 is 15.0. The molecule has 0 atom stereocenters. The van der Waals surface area contributed by atoms with E-state index in [0.717, 1.165) is 0 Å². The van der Waals surface area contributed by atoms with Crippen molar-refractivity contribution in [3.05, 3.63) is 62.7 Å². The maximum atomic E-state index is 13.4. The zero-order chi connectivity index (χ0) is 11.5. The SMILES string of the molecule is O=c1c(Br)ccnn1Cc1ccccc1F. The number of nitrogens with zero attached hydrogens (tertiary/aromatic N) is 2. The van der Waals surface area contributed by atoms with Gasteiger partial charge in [-0.15, -0.1) is 0 Å². The van der Waals surface area contributed by atoms with Gasteiger partial charge in [0.2, 0.25) is 0 Å². The zero-order valence-electron chi connectivity index (χ0n) is 8.23. The molecule has 0 saturated heterocycles. The Morgan fingerprint density at radius 2 is 2.06 bits per heavy atom. The van der Waals surface area contributed by atoms with E-state index < -0.39 is 0 Å². The van der Waals surface area contributed by atoms with E-state index in [1.165, 1.54) is 16.9 Å². The Kier molecular flexibility index (Phi) is 3.14. The van der Waals surface area contributed by atoms with Gasteiger partial charge in [-0.1, -0.05) is 18.2 Å². The lowest BCUT2D eigenvalue weighted by molar-refractivity contribution is 0.571. The number of aromatic nitrogens is 2. The van der Waals surface area contributed by atoms with Crippen LogP contribution in [0, 0.1) is 5.82 Å². The van der Waals surface area contributed by atoms with E-state index in [9.17, 15) is 9.18 Å². The first-order valence-electron chi connectivity index (χ1n) is 4.63. The largest absolute Gasteiger partial charge is 0.281 e. The summed E-state index contributed by atoms with van der Waals surface area (Å²) in [5, 5.41) is 3.88. The quantitative estimate of drug-likeness (QED) is 0.846. The van der Waals surface area contributed by atoms with Gasteiger partial charge in [0.05, 0.1) is 11.0 Å². The molecule has 0 aliphatic heterocycles. The predicted octanol–water partition coefficient (Wildman–Crippen LogP) is 2.19. The highest BCUT2D eigenvalue weighted by atomic mass is 79.9. The average Bonchev–Trinajstić information content (AvgIpc) is 2.28. The third-order valence-corrected chi connectivity index (χ3v) is 2.75. The van der Waals surface area contributed by atoms with Crippen molar-refractivity contribution < 1.29 is 4.39 Å². The van der Waals surface area contributed by atoms with Gasteiger partial charge in [-0.25, -0.2) is 9.07 Å². The Labute approximate surface area is 99.7 Å². The molecule has 0 saturated carbocycles. The summed E-state index contributed by atoms with van der Waals surface area (Å²) in [6.07, 6.45) is 1.49. The number of rotatable bonds is 2. The minimum Gasteiger partial charge on any atom is -0.266 e. The van der Waals surface area contributed by atoms with Crippen LogP contribution in [0.1, 0.15) is 5.56 Å². The molecule has 0 spiro atoms. The van der Waals surface area contributed by atoms with Crippen LogP contribution in [0.2, 0.25) is 0 Å². The highest BCUT2D eigenvalue weighted by molar-refractivity contribution is 9.10. The van der Waals surface area contributed by atoms with E-state index >= 15 is 0 Å². The van der Waals surface area contributed by atoms with Crippen molar-refractivity contribution in [3.8, 4) is 0 Å². The van der Waals surface area contributed by atoms with Gasteiger partial charge in [-0.2, -0.15) is 5.10 Å². The number of hydrogen-bond acceptors (Lipinski definition) is 2. The van der Waals surface area contributed by atoms with Crippen LogP contribution < -0.4 is 5.56 Å². The molecule has 0 unspecified atom stereocenters. The molecule has 0 aliphatic carbocycles. The van der Waals surface area contributed by atoms with Crippen LogP contribution in [0.15, 0.2) is 45.8 Å². The maximum Gasteiger partial charge on any atom is 0.281 e. The van der Waals surface area contributed by atoms with Crippen molar-refractivity contribution in [2.45, 2.75) is 6.54 Å². The number of hydrogen-bond donors (Lipinski definition) is 0. The van der Waals surface area contributed by atoms with Crippen LogP contribution >= 0.6 is 15.9 Å². The number of halogens is 2. The van der Waals surface area contributed by atoms with E-state index in [1.54, 1.807) is 24.3 Å². The van der Waals surface area contributed by atoms with Gasteiger partial charge in [-0.05, 0) is 28.1 Å². The van der Waals surface area contributed by atoms with Crippen LogP contribution in [0.25, 0.3) is 0 Å². The van der Waals surface area contributed by atoms with Gasteiger partial charge in [0.15, 0.2) is 0 Å². The highest BCUT2D eigenvalue weighted by Gasteiger charge is 2.05. The molecule has 5 heteroatoms. The normalized spacial score (nSPS) is 10.4. The fraction of sp³-hybridized carbons (Fsp3) is 0.0909. The Morgan fingerprint density at radius 3 is 2.81 bits per heavy atom. The number of benzene rings is 1. The second kappa shape index (κ2) is 4.57. The first kappa shape index (κ1) is 11.0. The van der Waals surface area contributed by atoms with Gasteiger partial charge < -0.3 is 0 Å². The van der Waals surface area contributed by atoms with Gasteiger partial charge in [-0.3, -0.25) is 4.79 Å². The summed E-state index contributed by atoms with van der Waals surface area (Å²) in [4.78, 5) is 11.6. The fourth-order valence-corrected chi connectivity index (χ4v) is 1.65. The third kappa shape index (κ3) is 2.19. The molecule has 1 aromatic carbocycles.